The third-order valence-corrected chi connectivity index (χ3v) is 5.45. The molecule has 27 heavy (non-hydrogen) atoms. The van der Waals surface area contributed by atoms with Crippen molar-refractivity contribution in [3.8, 4) is 11.1 Å². The van der Waals surface area contributed by atoms with Gasteiger partial charge in [-0.05, 0) is 36.5 Å². The van der Waals surface area contributed by atoms with Crippen LogP contribution in [0.15, 0.2) is 36.8 Å². The van der Waals surface area contributed by atoms with Crippen molar-refractivity contribution in [3.63, 3.8) is 0 Å². The molecule has 1 aliphatic rings. The van der Waals surface area contributed by atoms with E-state index < -0.39 is 0 Å². The molecule has 1 fully saturated rings. The van der Waals surface area contributed by atoms with Crippen molar-refractivity contribution < 1.29 is 4.79 Å². The van der Waals surface area contributed by atoms with Crippen LogP contribution in [0.2, 0.25) is 0 Å². The summed E-state index contributed by atoms with van der Waals surface area (Å²) < 4.78 is 2.11. The number of rotatable bonds is 3. The van der Waals surface area contributed by atoms with Crippen molar-refractivity contribution in [2.45, 2.75) is 40.2 Å². The second-order valence-corrected chi connectivity index (χ2v) is 8.57. The molecule has 4 rings (SSSR count). The number of H-pyrrole nitrogens is 1. The van der Waals surface area contributed by atoms with E-state index in [1.807, 2.05) is 44.3 Å². The van der Waals surface area contributed by atoms with E-state index in [1.54, 1.807) is 0 Å². The zero-order valence-corrected chi connectivity index (χ0v) is 16.3. The molecular weight excluding hydrogens is 338 g/mol. The maximum Gasteiger partial charge on any atom is 0.227 e. The van der Waals surface area contributed by atoms with Gasteiger partial charge >= 0.3 is 0 Å². The first-order valence-corrected chi connectivity index (χ1v) is 9.66. The molecule has 1 aliphatic heterocycles. The SMILES string of the molecule is CC(C)(C)C(=O)N1CCC(Cn2ncc3cc(-c4cn[nH]c4)ccc32)CC1. The van der Waals surface area contributed by atoms with E-state index in [9.17, 15) is 4.79 Å². The summed E-state index contributed by atoms with van der Waals surface area (Å²) in [5, 5.41) is 12.6. The van der Waals surface area contributed by atoms with Gasteiger partial charge in [-0.1, -0.05) is 26.8 Å². The number of likely N-dealkylation sites (tertiary alicyclic amines) is 1. The average Bonchev–Trinajstić information content (AvgIpc) is 3.31. The van der Waals surface area contributed by atoms with Gasteiger partial charge in [0.1, 0.15) is 0 Å². The Morgan fingerprint density at radius 1 is 1.19 bits per heavy atom. The van der Waals surface area contributed by atoms with Crippen molar-refractivity contribution in [3.05, 3.63) is 36.8 Å². The molecule has 142 valence electrons. The Kier molecular flexibility index (Phi) is 4.50. The van der Waals surface area contributed by atoms with Gasteiger partial charge in [-0.15, -0.1) is 0 Å². The molecular formula is C21H27N5O. The molecule has 0 atom stereocenters. The van der Waals surface area contributed by atoms with Crippen LogP contribution in [0.4, 0.5) is 0 Å². The summed E-state index contributed by atoms with van der Waals surface area (Å²) >= 11 is 0. The highest BCUT2D eigenvalue weighted by Gasteiger charge is 2.30. The zero-order valence-electron chi connectivity index (χ0n) is 16.3. The summed E-state index contributed by atoms with van der Waals surface area (Å²) in [6, 6.07) is 6.42. The van der Waals surface area contributed by atoms with E-state index in [4.69, 9.17) is 0 Å². The molecule has 0 spiro atoms. The maximum absolute atomic E-state index is 12.4. The lowest BCUT2D eigenvalue weighted by Crippen LogP contribution is -2.44. The van der Waals surface area contributed by atoms with Gasteiger partial charge in [-0.2, -0.15) is 10.2 Å². The van der Waals surface area contributed by atoms with Crippen LogP contribution in [0, 0.1) is 11.3 Å². The second kappa shape index (κ2) is 6.83. The first kappa shape index (κ1) is 17.8. The van der Waals surface area contributed by atoms with Crippen molar-refractivity contribution in [2.24, 2.45) is 11.3 Å². The van der Waals surface area contributed by atoms with Gasteiger partial charge < -0.3 is 4.90 Å². The number of carbonyl (C=O) groups is 1. The third-order valence-electron chi connectivity index (χ3n) is 5.45. The van der Waals surface area contributed by atoms with Gasteiger partial charge in [0, 0.05) is 42.2 Å². The molecule has 0 radical (unpaired) electrons. The Morgan fingerprint density at radius 3 is 2.63 bits per heavy atom. The lowest BCUT2D eigenvalue weighted by molar-refractivity contribution is -0.140. The number of nitrogens with one attached hydrogen (secondary N) is 1. The van der Waals surface area contributed by atoms with Crippen LogP contribution >= 0.6 is 0 Å². The number of fused-ring (bicyclic) bond motifs is 1. The van der Waals surface area contributed by atoms with Crippen molar-refractivity contribution in [2.75, 3.05) is 13.1 Å². The first-order chi connectivity index (χ1) is 12.9. The molecule has 3 heterocycles. The monoisotopic (exact) mass is 365 g/mol. The van der Waals surface area contributed by atoms with Crippen molar-refractivity contribution in [1.29, 1.82) is 0 Å². The van der Waals surface area contributed by atoms with Crippen LogP contribution < -0.4 is 0 Å². The predicted octanol–water partition coefficient (Wildman–Crippen LogP) is 3.71. The molecule has 0 bridgehead atoms. The Bertz CT molecular complexity index is 927. The van der Waals surface area contributed by atoms with Gasteiger partial charge in [0.05, 0.1) is 17.9 Å². The van der Waals surface area contributed by atoms with Crippen LogP contribution in [0.3, 0.4) is 0 Å². The molecule has 1 amide bonds. The largest absolute Gasteiger partial charge is 0.342 e. The van der Waals surface area contributed by atoms with E-state index in [0.29, 0.717) is 5.92 Å². The summed E-state index contributed by atoms with van der Waals surface area (Å²) in [4.78, 5) is 14.5. The van der Waals surface area contributed by atoms with E-state index in [1.165, 1.54) is 0 Å². The summed E-state index contributed by atoms with van der Waals surface area (Å²) in [5.74, 6) is 0.822. The number of hydrogen-bond donors (Lipinski definition) is 1. The van der Waals surface area contributed by atoms with Crippen LogP contribution in [-0.4, -0.2) is 43.9 Å². The van der Waals surface area contributed by atoms with Gasteiger partial charge in [-0.3, -0.25) is 14.6 Å². The second-order valence-electron chi connectivity index (χ2n) is 8.57. The normalized spacial score (nSPS) is 16.2. The Hall–Kier alpha value is -2.63. The summed E-state index contributed by atoms with van der Waals surface area (Å²) in [7, 11) is 0. The van der Waals surface area contributed by atoms with Gasteiger partial charge in [0.2, 0.25) is 5.91 Å². The summed E-state index contributed by atoms with van der Waals surface area (Å²) in [5.41, 5.74) is 3.10. The van der Waals surface area contributed by atoms with Gasteiger partial charge in [0.25, 0.3) is 0 Å². The minimum absolute atomic E-state index is 0.261. The fourth-order valence-corrected chi connectivity index (χ4v) is 3.86. The molecule has 0 unspecified atom stereocenters. The van der Waals surface area contributed by atoms with Gasteiger partial charge in [-0.25, -0.2) is 0 Å². The molecule has 1 N–H and O–H groups in total. The number of amides is 1. The maximum atomic E-state index is 12.4. The molecule has 1 saturated heterocycles. The number of nitrogens with zero attached hydrogens (tertiary/aromatic N) is 4. The highest BCUT2D eigenvalue weighted by atomic mass is 16.2. The molecule has 3 aromatic rings. The van der Waals surface area contributed by atoms with E-state index in [0.717, 1.165) is 54.5 Å². The molecule has 1 aromatic carbocycles. The standard InChI is InChI=1S/C21H27N5O/c1-21(2,3)20(27)25-8-6-15(7-9-25)14-26-19-5-4-16(10-17(19)13-24-26)18-11-22-23-12-18/h4-5,10-13,15H,6-9,14H2,1-3H3,(H,22,23). The molecule has 6 nitrogen and oxygen atoms in total. The number of aromatic nitrogens is 4. The minimum Gasteiger partial charge on any atom is -0.342 e. The molecule has 0 saturated carbocycles. The highest BCUT2D eigenvalue weighted by molar-refractivity contribution is 5.84. The van der Waals surface area contributed by atoms with Crippen LogP contribution in [0.25, 0.3) is 22.0 Å². The van der Waals surface area contributed by atoms with E-state index in [-0.39, 0.29) is 11.3 Å². The lowest BCUT2D eigenvalue weighted by Gasteiger charge is -2.35. The number of carbonyl (C=O) groups excluding carboxylic acids is 1. The van der Waals surface area contributed by atoms with E-state index in [2.05, 4.69) is 38.2 Å². The summed E-state index contributed by atoms with van der Waals surface area (Å²) in [6.07, 6.45) is 7.75. The van der Waals surface area contributed by atoms with Gasteiger partial charge in [0.15, 0.2) is 0 Å². The van der Waals surface area contributed by atoms with Crippen LogP contribution in [0.1, 0.15) is 33.6 Å². The number of hydrogen-bond acceptors (Lipinski definition) is 3. The number of benzene rings is 1. The fourth-order valence-electron chi connectivity index (χ4n) is 3.86. The Labute approximate surface area is 159 Å². The first-order valence-electron chi connectivity index (χ1n) is 9.66. The van der Waals surface area contributed by atoms with E-state index >= 15 is 0 Å². The third kappa shape index (κ3) is 3.61. The average molecular weight is 365 g/mol. The highest BCUT2D eigenvalue weighted by Crippen LogP contribution is 2.27. The topological polar surface area (TPSA) is 66.8 Å². The van der Waals surface area contributed by atoms with Crippen LogP contribution in [-0.2, 0) is 11.3 Å². The molecule has 6 heteroatoms. The smallest absolute Gasteiger partial charge is 0.227 e. The molecule has 2 aromatic heterocycles. The number of aromatic amines is 1. The number of piperidine rings is 1. The Morgan fingerprint density at radius 2 is 1.96 bits per heavy atom. The van der Waals surface area contributed by atoms with Crippen molar-refractivity contribution in [1.82, 2.24) is 24.9 Å². The summed E-state index contributed by atoms with van der Waals surface area (Å²) in [6.45, 7) is 8.60. The molecule has 0 aliphatic carbocycles. The fraction of sp³-hybridized carbons (Fsp3) is 0.476. The minimum atomic E-state index is -0.294. The van der Waals surface area contributed by atoms with Crippen LogP contribution in [0.5, 0.6) is 0 Å². The van der Waals surface area contributed by atoms with Crippen molar-refractivity contribution >= 4 is 16.8 Å². The zero-order chi connectivity index (χ0) is 19.0. The Balaban J connectivity index is 1.43. The quantitative estimate of drug-likeness (QED) is 0.769. The predicted molar refractivity (Wildman–Crippen MR) is 106 cm³/mol. The lowest BCUT2D eigenvalue weighted by atomic mass is 9.91.